The zero-order chi connectivity index (χ0) is 20.1. The highest BCUT2D eigenvalue weighted by Gasteiger charge is 2.32. The standard InChI is InChI=1S/C24H32N4O/c1-20-18-25-12-11-22(20)26-14-7-15-27(17-16-26)24(29)23-10-5-6-13-28(23)19-21-8-3-2-4-9-21/h2-4,8-9,11-12,18,23H,5-7,10,13-17,19H2,1H3. The largest absolute Gasteiger partial charge is 0.369 e. The van der Waals surface area contributed by atoms with Crippen molar-refractivity contribution in [1.82, 2.24) is 14.8 Å². The molecule has 0 aliphatic carbocycles. The lowest BCUT2D eigenvalue weighted by molar-refractivity contribution is -0.138. The molecular weight excluding hydrogens is 360 g/mol. The average molecular weight is 393 g/mol. The predicted octanol–water partition coefficient (Wildman–Crippen LogP) is 3.48. The number of rotatable bonds is 4. The molecule has 5 nitrogen and oxygen atoms in total. The van der Waals surface area contributed by atoms with Crippen molar-refractivity contribution >= 4 is 11.6 Å². The Labute approximate surface area is 174 Å². The van der Waals surface area contributed by atoms with E-state index in [0.717, 1.165) is 58.5 Å². The molecule has 1 unspecified atom stereocenters. The highest BCUT2D eigenvalue weighted by Crippen LogP contribution is 2.24. The molecule has 2 aromatic rings. The van der Waals surface area contributed by atoms with Gasteiger partial charge in [-0.3, -0.25) is 14.7 Å². The molecule has 0 radical (unpaired) electrons. The Kier molecular flexibility index (Phi) is 6.45. The van der Waals surface area contributed by atoms with Crippen LogP contribution in [0, 0.1) is 6.92 Å². The number of anilines is 1. The molecule has 4 rings (SSSR count). The number of carbonyl (C=O) groups excluding carboxylic acids is 1. The van der Waals surface area contributed by atoms with Crippen LogP contribution in [0.4, 0.5) is 5.69 Å². The molecule has 1 aromatic carbocycles. The van der Waals surface area contributed by atoms with E-state index in [0.29, 0.717) is 5.91 Å². The van der Waals surface area contributed by atoms with E-state index in [2.05, 4.69) is 63.0 Å². The van der Waals surface area contributed by atoms with Gasteiger partial charge in [-0.15, -0.1) is 0 Å². The van der Waals surface area contributed by atoms with E-state index in [4.69, 9.17) is 0 Å². The number of aryl methyl sites for hydroxylation is 1. The van der Waals surface area contributed by atoms with Crippen molar-refractivity contribution in [3.05, 3.63) is 59.9 Å². The number of aromatic nitrogens is 1. The third kappa shape index (κ3) is 4.78. The smallest absolute Gasteiger partial charge is 0.239 e. The summed E-state index contributed by atoms with van der Waals surface area (Å²) in [4.78, 5) is 24.6. The summed E-state index contributed by atoms with van der Waals surface area (Å²) in [6.45, 7) is 7.54. The van der Waals surface area contributed by atoms with Crippen molar-refractivity contribution < 1.29 is 4.79 Å². The number of benzene rings is 1. The summed E-state index contributed by atoms with van der Waals surface area (Å²) in [5.74, 6) is 0.328. The lowest BCUT2D eigenvalue weighted by Crippen LogP contribution is -2.51. The first-order chi connectivity index (χ1) is 14.2. The lowest BCUT2D eigenvalue weighted by Gasteiger charge is -2.37. The van der Waals surface area contributed by atoms with Crippen LogP contribution in [0.5, 0.6) is 0 Å². The van der Waals surface area contributed by atoms with E-state index in [-0.39, 0.29) is 6.04 Å². The molecule has 2 aliphatic heterocycles. The first kappa shape index (κ1) is 19.9. The maximum Gasteiger partial charge on any atom is 0.239 e. The topological polar surface area (TPSA) is 39.7 Å². The van der Waals surface area contributed by atoms with Crippen molar-refractivity contribution in [3.8, 4) is 0 Å². The third-order valence-electron chi connectivity index (χ3n) is 6.27. The number of nitrogens with zero attached hydrogens (tertiary/aromatic N) is 4. The summed E-state index contributed by atoms with van der Waals surface area (Å²) in [7, 11) is 0. The van der Waals surface area contributed by atoms with Crippen molar-refractivity contribution in [2.75, 3.05) is 37.6 Å². The second-order valence-corrected chi connectivity index (χ2v) is 8.30. The van der Waals surface area contributed by atoms with Gasteiger partial charge in [0.2, 0.25) is 5.91 Å². The van der Waals surface area contributed by atoms with Crippen LogP contribution in [-0.2, 0) is 11.3 Å². The van der Waals surface area contributed by atoms with Crippen LogP contribution in [0.3, 0.4) is 0 Å². The second kappa shape index (κ2) is 9.40. The second-order valence-electron chi connectivity index (χ2n) is 8.30. The van der Waals surface area contributed by atoms with Gasteiger partial charge in [0.05, 0.1) is 6.04 Å². The first-order valence-corrected chi connectivity index (χ1v) is 10.9. The molecular formula is C24H32N4O. The van der Waals surface area contributed by atoms with Gasteiger partial charge in [-0.1, -0.05) is 36.8 Å². The molecule has 1 amide bonds. The summed E-state index contributed by atoms with van der Waals surface area (Å²) in [6, 6.07) is 12.7. The highest BCUT2D eigenvalue weighted by atomic mass is 16.2. The van der Waals surface area contributed by atoms with Crippen molar-refractivity contribution in [1.29, 1.82) is 0 Å². The van der Waals surface area contributed by atoms with E-state index in [9.17, 15) is 4.79 Å². The molecule has 2 saturated heterocycles. The molecule has 1 aromatic heterocycles. The molecule has 0 bridgehead atoms. The van der Waals surface area contributed by atoms with Crippen LogP contribution in [0.15, 0.2) is 48.8 Å². The molecule has 0 N–H and O–H groups in total. The molecule has 0 spiro atoms. The number of carbonyl (C=O) groups is 1. The van der Waals surface area contributed by atoms with E-state index in [1.807, 2.05) is 12.4 Å². The van der Waals surface area contributed by atoms with Gasteiger partial charge in [-0.25, -0.2) is 0 Å². The fraction of sp³-hybridized carbons (Fsp3) is 0.500. The van der Waals surface area contributed by atoms with Crippen LogP contribution in [0.1, 0.15) is 36.8 Å². The summed E-state index contributed by atoms with van der Waals surface area (Å²) in [5, 5.41) is 0. The Hall–Kier alpha value is -2.40. The number of hydrogen-bond acceptors (Lipinski definition) is 4. The van der Waals surface area contributed by atoms with E-state index >= 15 is 0 Å². The van der Waals surface area contributed by atoms with Crippen LogP contribution in [0.2, 0.25) is 0 Å². The zero-order valence-corrected chi connectivity index (χ0v) is 17.5. The van der Waals surface area contributed by atoms with E-state index in [1.165, 1.54) is 23.2 Å². The number of piperidine rings is 1. The maximum atomic E-state index is 13.5. The summed E-state index contributed by atoms with van der Waals surface area (Å²) < 4.78 is 0. The fourth-order valence-electron chi connectivity index (χ4n) is 4.69. The Morgan fingerprint density at radius 2 is 1.86 bits per heavy atom. The van der Waals surface area contributed by atoms with Crippen LogP contribution >= 0.6 is 0 Å². The first-order valence-electron chi connectivity index (χ1n) is 10.9. The average Bonchev–Trinajstić information content (AvgIpc) is 3.01. The minimum absolute atomic E-state index is 0.0261. The van der Waals surface area contributed by atoms with Gasteiger partial charge >= 0.3 is 0 Å². The van der Waals surface area contributed by atoms with E-state index in [1.54, 1.807) is 0 Å². The molecule has 2 fully saturated rings. The van der Waals surface area contributed by atoms with Gasteiger partial charge in [0, 0.05) is 50.8 Å². The molecule has 3 heterocycles. The fourth-order valence-corrected chi connectivity index (χ4v) is 4.69. The van der Waals surface area contributed by atoms with Crippen LogP contribution in [-0.4, -0.2) is 59.5 Å². The minimum Gasteiger partial charge on any atom is -0.369 e. The van der Waals surface area contributed by atoms with Crippen molar-refractivity contribution in [3.63, 3.8) is 0 Å². The SMILES string of the molecule is Cc1cnccc1N1CCCN(C(=O)C2CCCCN2Cc2ccccc2)CC1. The monoisotopic (exact) mass is 392 g/mol. The molecule has 0 saturated carbocycles. The van der Waals surface area contributed by atoms with Gasteiger partial charge in [-0.2, -0.15) is 0 Å². The number of likely N-dealkylation sites (tertiary alicyclic amines) is 1. The molecule has 1 atom stereocenters. The number of pyridine rings is 1. The Morgan fingerprint density at radius 3 is 2.69 bits per heavy atom. The van der Waals surface area contributed by atoms with Gasteiger partial charge in [0.1, 0.15) is 0 Å². The van der Waals surface area contributed by atoms with Gasteiger partial charge in [0.25, 0.3) is 0 Å². The van der Waals surface area contributed by atoms with Crippen molar-refractivity contribution in [2.45, 2.75) is 45.2 Å². The predicted molar refractivity (Wildman–Crippen MR) is 117 cm³/mol. The van der Waals surface area contributed by atoms with Gasteiger partial charge < -0.3 is 9.80 Å². The normalized spacial score (nSPS) is 21.1. The quantitative estimate of drug-likeness (QED) is 0.799. The molecule has 5 heteroatoms. The van der Waals surface area contributed by atoms with Gasteiger partial charge in [-0.05, 0) is 49.9 Å². The summed E-state index contributed by atoms with van der Waals surface area (Å²) >= 11 is 0. The number of amides is 1. The van der Waals surface area contributed by atoms with Crippen LogP contribution < -0.4 is 4.90 Å². The summed E-state index contributed by atoms with van der Waals surface area (Å²) in [6.07, 6.45) is 8.12. The van der Waals surface area contributed by atoms with Gasteiger partial charge in [0.15, 0.2) is 0 Å². The summed E-state index contributed by atoms with van der Waals surface area (Å²) in [5.41, 5.74) is 3.74. The van der Waals surface area contributed by atoms with Crippen LogP contribution in [0.25, 0.3) is 0 Å². The van der Waals surface area contributed by atoms with Crippen molar-refractivity contribution in [2.24, 2.45) is 0 Å². The lowest BCUT2D eigenvalue weighted by atomic mass is 9.99. The Balaban J connectivity index is 1.42. The minimum atomic E-state index is 0.0261. The zero-order valence-electron chi connectivity index (χ0n) is 17.5. The number of hydrogen-bond donors (Lipinski definition) is 0. The third-order valence-corrected chi connectivity index (χ3v) is 6.27. The Bertz CT molecular complexity index is 810. The molecule has 2 aliphatic rings. The Morgan fingerprint density at radius 1 is 1.00 bits per heavy atom. The molecule has 29 heavy (non-hydrogen) atoms. The maximum absolute atomic E-state index is 13.5. The highest BCUT2D eigenvalue weighted by molar-refractivity contribution is 5.82. The van der Waals surface area contributed by atoms with E-state index < -0.39 is 0 Å². The molecule has 154 valence electrons.